The highest BCUT2D eigenvalue weighted by Crippen LogP contribution is 2.46. The first kappa shape index (κ1) is 30.7. The van der Waals surface area contributed by atoms with Gasteiger partial charge >= 0.3 is 5.97 Å². The van der Waals surface area contributed by atoms with E-state index >= 15 is 0 Å². The highest BCUT2D eigenvalue weighted by atomic mass is 32.1. The number of hydrogen-bond donors (Lipinski definition) is 2. The molecular weight excluding hydrogens is 595 g/mol. The lowest BCUT2D eigenvalue weighted by Gasteiger charge is -2.29. The zero-order valence-corrected chi connectivity index (χ0v) is 25.6. The van der Waals surface area contributed by atoms with Gasteiger partial charge in [0.1, 0.15) is 34.1 Å². The molecule has 3 aromatic heterocycles. The molecular formula is C31H33BN6O6S. The number of thiophene rings is 1. The van der Waals surface area contributed by atoms with Gasteiger partial charge in [0, 0.05) is 18.5 Å². The maximum absolute atomic E-state index is 14.0. The fraction of sp³-hybridized carbons (Fsp3) is 0.452. The van der Waals surface area contributed by atoms with E-state index in [1.165, 1.54) is 23.3 Å². The van der Waals surface area contributed by atoms with Crippen LogP contribution in [-0.2, 0) is 19.1 Å². The van der Waals surface area contributed by atoms with Crippen LogP contribution in [0.2, 0.25) is 0 Å². The number of rotatable bonds is 5. The Morgan fingerprint density at radius 1 is 1.18 bits per heavy atom. The predicted molar refractivity (Wildman–Crippen MR) is 166 cm³/mol. The Bertz CT molecular complexity index is 1630. The summed E-state index contributed by atoms with van der Waals surface area (Å²) < 4.78 is 12.2. The van der Waals surface area contributed by atoms with Crippen molar-refractivity contribution in [1.82, 2.24) is 30.5 Å². The van der Waals surface area contributed by atoms with Gasteiger partial charge in [0.2, 0.25) is 25.5 Å². The Kier molecular flexibility index (Phi) is 8.84. The summed E-state index contributed by atoms with van der Waals surface area (Å²) in [6.07, 6.45) is 9.08. The summed E-state index contributed by atoms with van der Waals surface area (Å²) in [6.45, 7) is 0.0538. The molecule has 12 nitrogen and oxygen atoms in total. The molecule has 3 aliphatic rings. The Morgan fingerprint density at radius 3 is 2.82 bits per heavy atom. The first-order chi connectivity index (χ1) is 21.8. The van der Waals surface area contributed by atoms with E-state index in [-0.39, 0.29) is 18.9 Å². The number of methoxy groups -OCH3 is 1. The van der Waals surface area contributed by atoms with Crippen LogP contribution in [0.3, 0.4) is 0 Å². The summed E-state index contributed by atoms with van der Waals surface area (Å²) in [5, 5.41) is 7.38. The molecule has 45 heavy (non-hydrogen) atoms. The molecule has 3 aromatic rings. The zero-order chi connectivity index (χ0) is 31.6. The van der Waals surface area contributed by atoms with Gasteiger partial charge in [0.25, 0.3) is 0 Å². The number of esters is 1. The number of hydrogen-bond acceptors (Lipinski definition) is 10. The Hall–Kier alpha value is -4.33. The summed E-state index contributed by atoms with van der Waals surface area (Å²) in [7, 11) is 6.74. The first-order valence-corrected chi connectivity index (χ1v) is 15.9. The molecule has 0 spiro atoms. The number of pyridine rings is 1. The summed E-state index contributed by atoms with van der Waals surface area (Å²) >= 11 is 1.42. The lowest BCUT2D eigenvalue weighted by Crippen LogP contribution is -2.56. The van der Waals surface area contributed by atoms with Crippen molar-refractivity contribution in [2.75, 3.05) is 13.7 Å². The molecule has 2 N–H and O–H groups in total. The molecule has 6 rings (SSSR count). The lowest BCUT2D eigenvalue weighted by atomic mass is 10.0. The van der Waals surface area contributed by atoms with E-state index in [1.54, 1.807) is 18.3 Å². The summed E-state index contributed by atoms with van der Waals surface area (Å²) in [5.74, 6) is -1.80. The number of carbonyl (C=O) groups is 4. The third kappa shape index (κ3) is 6.42. The quantitative estimate of drug-likeness (QED) is 0.247. The largest absolute Gasteiger partial charge is 0.471 e. The van der Waals surface area contributed by atoms with Gasteiger partial charge in [-0.1, -0.05) is 31.1 Å². The number of ether oxygens (including phenoxy) is 2. The SMILES string of the molecule is [B]C(=O)N[C@H]1CCCCC/C=C\[C@H]2C[C@@]2(C(=O)OC)NC(=O)[C@@H]2C[C@@H](Oc3nc(-c4ccccn4)nc4ccsc34)CN2C1=O. The van der Waals surface area contributed by atoms with E-state index in [0.717, 1.165) is 24.0 Å². The summed E-state index contributed by atoms with van der Waals surface area (Å²) in [6, 6.07) is 5.41. The first-order valence-electron chi connectivity index (χ1n) is 15.1. The summed E-state index contributed by atoms with van der Waals surface area (Å²) in [4.78, 5) is 67.8. The van der Waals surface area contributed by atoms with Gasteiger partial charge in [0.15, 0.2) is 11.6 Å². The van der Waals surface area contributed by atoms with E-state index in [4.69, 9.17) is 17.3 Å². The number of nitrogens with one attached hydrogen (secondary N) is 2. The van der Waals surface area contributed by atoms with Crippen molar-refractivity contribution in [3.63, 3.8) is 0 Å². The Labute approximate surface area is 265 Å². The number of carbonyl (C=O) groups excluding carboxylic acids is 4. The van der Waals surface area contributed by atoms with Crippen LogP contribution in [-0.4, -0.2) is 88.7 Å². The third-order valence-electron chi connectivity index (χ3n) is 8.55. The molecule has 3 amide bonds. The molecule has 2 aliphatic heterocycles. The second-order valence-electron chi connectivity index (χ2n) is 11.6. The maximum Gasteiger partial charge on any atom is 0.332 e. The van der Waals surface area contributed by atoms with Crippen LogP contribution >= 0.6 is 11.3 Å². The van der Waals surface area contributed by atoms with Crippen LogP contribution in [0.25, 0.3) is 21.7 Å². The standard InChI is InChI=1S/C31H33BN6O6S/c1-43-29(41)31-16-18(31)9-5-3-2-4-6-11-22(35-30(32)42)28(40)38-17-19(15-23(38)26(39)37-31)44-27-24-20(12-14-45-24)34-25(36-27)21-10-7-8-13-33-21/h5,7-10,12-14,18-19,22-23H,2-4,6,11,15-17H2,1H3,(H,35,42)(H,37,39)/b9-5-/t18-,19+,22-,23-,31+/m0/s1. The molecule has 5 atom stereocenters. The predicted octanol–water partition coefficient (Wildman–Crippen LogP) is 2.92. The molecule has 0 unspecified atom stereocenters. The van der Waals surface area contributed by atoms with Crippen molar-refractivity contribution in [1.29, 1.82) is 0 Å². The molecule has 1 aliphatic carbocycles. The molecule has 1 saturated carbocycles. The van der Waals surface area contributed by atoms with Crippen molar-refractivity contribution in [2.45, 2.75) is 68.7 Å². The molecule has 1 saturated heterocycles. The van der Waals surface area contributed by atoms with Crippen LogP contribution in [0.4, 0.5) is 4.79 Å². The minimum atomic E-state index is -1.20. The molecule has 0 aromatic carbocycles. The number of allylic oxidation sites excluding steroid dienone is 1. The average Bonchev–Trinajstić information content (AvgIpc) is 3.32. The van der Waals surface area contributed by atoms with E-state index in [1.807, 2.05) is 29.7 Å². The molecule has 232 valence electrons. The monoisotopic (exact) mass is 628 g/mol. The van der Waals surface area contributed by atoms with Crippen LogP contribution in [0, 0.1) is 5.92 Å². The number of amides is 3. The van der Waals surface area contributed by atoms with E-state index in [2.05, 4.69) is 25.6 Å². The minimum absolute atomic E-state index is 0.0538. The van der Waals surface area contributed by atoms with Crippen molar-refractivity contribution in [3.8, 4) is 17.4 Å². The van der Waals surface area contributed by atoms with Gasteiger partial charge in [0.05, 0.1) is 19.2 Å². The highest BCUT2D eigenvalue weighted by Gasteiger charge is 2.62. The minimum Gasteiger partial charge on any atom is -0.471 e. The van der Waals surface area contributed by atoms with Gasteiger partial charge in [-0.25, -0.2) is 9.78 Å². The second kappa shape index (κ2) is 13.0. The van der Waals surface area contributed by atoms with E-state index < -0.39 is 47.3 Å². The number of nitrogens with zero attached hydrogens (tertiary/aromatic N) is 4. The molecule has 14 heteroatoms. The zero-order valence-electron chi connectivity index (χ0n) is 24.8. The average molecular weight is 629 g/mol. The third-order valence-corrected chi connectivity index (χ3v) is 9.44. The number of aromatic nitrogens is 3. The van der Waals surface area contributed by atoms with Crippen LogP contribution in [0.1, 0.15) is 44.9 Å². The van der Waals surface area contributed by atoms with Gasteiger partial charge < -0.3 is 25.0 Å². The maximum atomic E-state index is 14.0. The fourth-order valence-corrected chi connectivity index (χ4v) is 6.93. The lowest BCUT2D eigenvalue weighted by molar-refractivity contribution is -0.148. The van der Waals surface area contributed by atoms with Crippen LogP contribution in [0.5, 0.6) is 5.88 Å². The molecule has 2 radical (unpaired) electrons. The van der Waals surface area contributed by atoms with E-state index in [0.29, 0.717) is 42.2 Å². The van der Waals surface area contributed by atoms with Crippen molar-refractivity contribution < 1.29 is 28.7 Å². The van der Waals surface area contributed by atoms with Crippen LogP contribution in [0.15, 0.2) is 48.0 Å². The van der Waals surface area contributed by atoms with Gasteiger partial charge in [-0.3, -0.25) is 19.4 Å². The summed E-state index contributed by atoms with van der Waals surface area (Å²) in [5.41, 5.74) is 0.0607. The highest BCUT2D eigenvalue weighted by molar-refractivity contribution is 7.17. The Balaban J connectivity index is 1.32. The molecule has 2 fully saturated rings. The van der Waals surface area contributed by atoms with Crippen molar-refractivity contribution >= 4 is 53.0 Å². The van der Waals surface area contributed by atoms with Gasteiger partial charge in [-0.05, 0) is 49.3 Å². The van der Waals surface area contributed by atoms with Gasteiger partial charge in [-0.2, -0.15) is 4.98 Å². The van der Waals surface area contributed by atoms with Crippen LogP contribution < -0.4 is 15.4 Å². The smallest absolute Gasteiger partial charge is 0.332 e. The van der Waals surface area contributed by atoms with Gasteiger partial charge in [-0.15, -0.1) is 11.3 Å². The van der Waals surface area contributed by atoms with E-state index in [9.17, 15) is 19.2 Å². The topological polar surface area (TPSA) is 153 Å². The Morgan fingerprint density at radius 2 is 2.04 bits per heavy atom. The molecule has 0 bridgehead atoms. The normalized spacial score (nSPS) is 27.7. The fourth-order valence-electron chi connectivity index (χ4n) is 6.17. The number of fused-ring (bicyclic) bond motifs is 3. The molecule has 5 heterocycles. The van der Waals surface area contributed by atoms with Crippen molar-refractivity contribution in [2.24, 2.45) is 5.92 Å². The van der Waals surface area contributed by atoms with Crippen molar-refractivity contribution in [3.05, 3.63) is 48.0 Å². The second-order valence-corrected chi connectivity index (χ2v) is 12.5.